The SMILES string of the molecule is Cc1ccccc1NC(=O)Cc1nc(COc2ccc([N+](=O)[O-])cc2Cl)cs1. The molecule has 144 valence electrons. The largest absolute Gasteiger partial charge is 0.486 e. The molecule has 0 spiro atoms. The number of non-ortho nitro benzene ring substituents is 1. The lowest BCUT2D eigenvalue weighted by Gasteiger charge is -2.07. The monoisotopic (exact) mass is 417 g/mol. The van der Waals surface area contributed by atoms with Crippen LogP contribution >= 0.6 is 22.9 Å². The van der Waals surface area contributed by atoms with Crippen LogP contribution in [0, 0.1) is 17.0 Å². The lowest BCUT2D eigenvalue weighted by molar-refractivity contribution is -0.384. The van der Waals surface area contributed by atoms with E-state index in [4.69, 9.17) is 16.3 Å². The molecule has 1 heterocycles. The fraction of sp³-hybridized carbons (Fsp3) is 0.158. The maximum atomic E-state index is 12.2. The second-order valence-corrected chi connectivity index (χ2v) is 7.28. The molecular weight excluding hydrogens is 402 g/mol. The Bertz CT molecular complexity index is 1020. The van der Waals surface area contributed by atoms with Crippen molar-refractivity contribution >= 4 is 40.2 Å². The lowest BCUT2D eigenvalue weighted by Crippen LogP contribution is -2.15. The number of nitro benzene ring substituents is 1. The van der Waals surface area contributed by atoms with Crippen molar-refractivity contribution in [2.24, 2.45) is 0 Å². The van der Waals surface area contributed by atoms with Gasteiger partial charge in [-0.15, -0.1) is 11.3 Å². The number of carbonyl (C=O) groups excluding carboxylic acids is 1. The van der Waals surface area contributed by atoms with Crippen LogP contribution in [-0.2, 0) is 17.8 Å². The summed E-state index contributed by atoms with van der Waals surface area (Å²) in [6, 6.07) is 11.6. The van der Waals surface area contributed by atoms with Crippen LogP contribution < -0.4 is 10.1 Å². The molecule has 1 N–H and O–H groups in total. The molecule has 0 bridgehead atoms. The zero-order valence-electron chi connectivity index (χ0n) is 14.8. The number of aromatic nitrogens is 1. The van der Waals surface area contributed by atoms with Crippen molar-refractivity contribution in [1.82, 2.24) is 4.98 Å². The van der Waals surface area contributed by atoms with E-state index in [0.717, 1.165) is 11.3 Å². The van der Waals surface area contributed by atoms with Gasteiger partial charge in [-0.05, 0) is 24.6 Å². The van der Waals surface area contributed by atoms with Gasteiger partial charge in [0.1, 0.15) is 17.4 Å². The molecule has 0 unspecified atom stereocenters. The number of hydrogen-bond donors (Lipinski definition) is 1. The number of benzene rings is 2. The number of carbonyl (C=O) groups is 1. The molecule has 0 saturated carbocycles. The summed E-state index contributed by atoms with van der Waals surface area (Å²) in [5.41, 5.74) is 2.32. The molecule has 0 aliphatic heterocycles. The van der Waals surface area contributed by atoms with Crippen LogP contribution in [0.4, 0.5) is 11.4 Å². The topological polar surface area (TPSA) is 94.4 Å². The summed E-state index contributed by atoms with van der Waals surface area (Å²) in [5, 5.41) is 16.2. The normalized spacial score (nSPS) is 10.5. The van der Waals surface area contributed by atoms with Gasteiger partial charge in [-0.2, -0.15) is 0 Å². The number of hydrogen-bond acceptors (Lipinski definition) is 6. The van der Waals surface area contributed by atoms with Gasteiger partial charge in [-0.3, -0.25) is 14.9 Å². The van der Waals surface area contributed by atoms with E-state index in [0.29, 0.717) is 16.5 Å². The zero-order valence-corrected chi connectivity index (χ0v) is 16.4. The Labute approximate surface area is 170 Å². The molecule has 9 heteroatoms. The van der Waals surface area contributed by atoms with Crippen molar-refractivity contribution in [3.63, 3.8) is 0 Å². The second-order valence-electron chi connectivity index (χ2n) is 5.93. The number of nitrogens with zero attached hydrogens (tertiary/aromatic N) is 2. The van der Waals surface area contributed by atoms with E-state index in [1.165, 1.54) is 29.5 Å². The molecular formula is C19H16ClN3O4S. The molecule has 0 saturated heterocycles. The summed E-state index contributed by atoms with van der Waals surface area (Å²) in [7, 11) is 0. The molecule has 0 fully saturated rings. The maximum Gasteiger partial charge on any atom is 0.271 e. The Balaban J connectivity index is 1.56. The fourth-order valence-electron chi connectivity index (χ4n) is 2.41. The minimum Gasteiger partial charge on any atom is -0.486 e. The maximum absolute atomic E-state index is 12.2. The van der Waals surface area contributed by atoms with Crippen LogP contribution in [0.2, 0.25) is 5.02 Å². The van der Waals surface area contributed by atoms with Gasteiger partial charge < -0.3 is 10.1 Å². The summed E-state index contributed by atoms with van der Waals surface area (Å²) in [6.07, 6.45) is 0.164. The Morgan fingerprint density at radius 2 is 2.11 bits per heavy atom. The summed E-state index contributed by atoms with van der Waals surface area (Å²) in [5.74, 6) is 0.189. The molecule has 3 aromatic rings. The van der Waals surface area contributed by atoms with E-state index in [1.807, 2.05) is 31.2 Å². The third-order valence-corrected chi connectivity index (χ3v) is 5.03. The van der Waals surface area contributed by atoms with Crippen molar-refractivity contribution in [1.29, 1.82) is 0 Å². The van der Waals surface area contributed by atoms with Gasteiger partial charge in [-0.1, -0.05) is 29.8 Å². The van der Waals surface area contributed by atoms with E-state index in [1.54, 1.807) is 5.38 Å². The highest BCUT2D eigenvalue weighted by Crippen LogP contribution is 2.29. The van der Waals surface area contributed by atoms with Crippen LogP contribution in [0.15, 0.2) is 47.8 Å². The molecule has 1 amide bonds. The molecule has 0 aliphatic rings. The Morgan fingerprint density at radius 3 is 2.82 bits per heavy atom. The summed E-state index contributed by atoms with van der Waals surface area (Å²) < 4.78 is 5.58. The minimum atomic E-state index is -0.523. The summed E-state index contributed by atoms with van der Waals surface area (Å²) in [6.45, 7) is 2.07. The molecule has 2 aromatic carbocycles. The van der Waals surface area contributed by atoms with E-state index >= 15 is 0 Å². The molecule has 1 aromatic heterocycles. The highest BCUT2D eigenvalue weighted by Gasteiger charge is 2.12. The number of rotatable bonds is 7. The van der Waals surface area contributed by atoms with E-state index in [-0.39, 0.29) is 29.6 Å². The Kier molecular flexibility index (Phi) is 6.23. The predicted octanol–water partition coefficient (Wildman–Crippen LogP) is 4.77. The van der Waals surface area contributed by atoms with Crippen LogP contribution in [0.1, 0.15) is 16.3 Å². The van der Waals surface area contributed by atoms with Crippen LogP contribution in [-0.4, -0.2) is 15.8 Å². The minimum absolute atomic E-state index is 0.104. The van der Waals surface area contributed by atoms with Crippen molar-refractivity contribution in [3.8, 4) is 5.75 Å². The van der Waals surface area contributed by atoms with Gasteiger partial charge in [0, 0.05) is 23.2 Å². The van der Waals surface area contributed by atoms with Gasteiger partial charge in [0.15, 0.2) is 0 Å². The van der Waals surface area contributed by atoms with Crippen molar-refractivity contribution < 1.29 is 14.5 Å². The average molecular weight is 418 g/mol. The number of anilines is 1. The van der Waals surface area contributed by atoms with Gasteiger partial charge in [-0.25, -0.2) is 4.98 Å². The van der Waals surface area contributed by atoms with Crippen molar-refractivity contribution in [2.45, 2.75) is 20.0 Å². The molecule has 7 nitrogen and oxygen atoms in total. The van der Waals surface area contributed by atoms with Crippen molar-refractivity contribution in [3.05, 3.63) is 79.2 Å². The van der Waals surface area contributed by atoms with E-state index < -0.39 is 4.92 Å². The van der Waals surface area contributed by atoms with Gasteiger partial charge in [0.25, 0.3) is 5.69 Å². The molecule has 0 radical (unpaired) electrons. The van der Waals surface area contributed by atoms with Gasteiger partial charge >= 0.3 is 0 Å². The smallest absolute Gasteiger partial charge is 0.271 e. The number of ether oxygens (including phenoxy) is 1. The van der Waals surface area contributed by atoms with Crippen molar-refractivity contribution in [2.75, 3.05) is 5.32 Å². The lowest BCUT2D eigenvalue weighted by atomic mass is 10.2. The number of thiazole rings is 1. The molecule has 0 aliphatic carbocycles. The third kappa shape index (κ3) is 5.05. The fourth-order valence-corrected chi connectivity index (χ4v) is 3.42. The Hall–Kier alpha value is -2.97. The average Bonchev–Trinajstić information content (AvgIpc) is 3.09. The number of halogens is 1. The summed E-state index contributed by atoms with van der Waals surface area (Å²) in [4.78, 5) is 26.8. The number of para-hydroxylation sites is 1. The molecule has 3 rings (SSSR count). The van der Waals surface area contributed by atoms with Crippen LogP contribution in [0.3, 0.4) is 0 Å². The van der Waals surface area contributed by atoms with Crippen LogP contribution in [0.25, 0.3) is 0 Å². The summed E-state index contributed by atoms with van der Waals surface area (Å²) >= 11 is 7.37. The molecule has 0 atom stereocenters. The number of aryl methyl sites for hydroxylation is 1. The van der Waals surface area contributed by atoms with Gasteiger partial charge in [0.05, 0.1) is 22.1 Å². The first-order valence-electron chi connectivity index (χ1n) is 8.28. The van der Waals surface area contributed by atoms with Gasteiger partial charge in [0.2, 0.25) is 5.91 Å². The number of amides is 1. The highest BCUT2D eigenvalue weighted by atomic mass is 35.5. The Morgan fingerprint density at radius 1 is 1.32 bits per heavy atom. The first kappa shape index (κ1) is 19.8. The quantitative estimate of drug-likeness (QED) is 0.441. The first-order chi connectivity index (χ1) is 13.4. The highest BCUT2D eigenvalue weighted by molar-refractivity contribution is 7.09. The van der Waals surface area contributed by atoms with E-state index in [9.17, 15) is 14.9 Å². The van der Waals surface area contributed by atoms with Crippen LogP contribution in [0.5, 0.6) is 5.75 Å². The standard InChI is InChI=1S/C19H16ClN3O4S/c1-12-4-2-3-5-16(12)22-18(24)9-19-21-13(11-28-19)10-27-17-7-6-14(23(25)26)8-15(17)20/h2-8,11H,9-10H2,1H3,(H,22,24). The predicted molar refractivity (Wildman–Crippen MR) is 108 cm³/mol. The van der Waals surface area contributed by atoms with E-state index in [2.05, 4.69) is 10.3 Å². The third-order valence-electron chi connectivity index (χ3n) is 3.83. The number of nitrogens with one attached hydrogen (secondary N) is 1. The second kappa shape index (κ2) is 8.81. The first-order valence-corrected chi connectivity index (χ1v) is 9.53. The zero-order chi connectivity index (χ0) is 20.1. The molecule has 28 heavy (non-hydrogen) atoms. The number of nitro groups is 1.